The number of carbonyl (C=O) groups is 1. The zero-order valence-electron chi connectivity index (χ0n) is 8.16. The molecule has 0 saturated carbocycles. The standard InChI is InChI=1S/C10H8N4O2/c15-9(16)8-12-10(14-13-8)11-6-7-4-2-1-3-5-7/h1-6H,(H,15,16)(H,12,13,14)/b11-6+. The number of aromatic nitrogens is 3. The normalized spacial score (nSPS) is 10.8. The van der Waals surface area contributed by atoms with Crippen molar-refractivity contribution in [2.45, 2.75) is 0 Å². The summed E-state index contributed by atoms with van der Waals surface area (Å²) in [5.41, 5.74) is 0.893. The van der Waals surface area contributed by atoms with Gasteiger partial charge in [0.25, 0.3) is 5.95 Å². The summed E-state index contributed by atoms with van der Waals surface area (Å²) in [6.45, 7) is 0. The summed E-state index contributed by atoms with van der Waals surface area (Å²) in [6, 6.07) is 9.39. The molecule has 1 heterocycles. The summed E-state index contributed by atoms with van der Waals surface area (Å²) < 4.78 is 0. The number of carboxylic acid groups (broad SMARTS) is 1. The predicted molar refractivity (Wildman–Crippen MR) is 57.0 cm³/mol. The molecule has 6 nitrogen and oxygen atoms in total. The van der Waals surface area contributed by atoms with E-state index in [1.54, 1.807) is 6.21 Å². The maximum Gasteiger partial charge on any atom is 0.373 e. The van der Waals surface area contributed by atoms with Crippen LogP contribution in [-0.2, 0) is 0 Å². The highest BCUT2D eigenvalue weighted by Gasteiger charge is 2.07. The molecule has 1 aromatic carbocycles. The number of nitrogens with one attached hydrogen (secondary N) is 1. The number of aromatic amines is 1. The lowest BCUT2D eigenvalue weighted by atomic mass is 10.2. The molecule has 0 fully saturated rings. The van der Waals surface area contributed by atoms with Crippen molar-refractivity contribution < 1.29 is 9.90 Å². The van der Waals surface area contributed by atoms with E-state index in [9.17, 15) is 4.79 Å². The number of hydrogen-bond acceptors (Lipinski definition) is 4. The second kappa shape index (κ2) is 4.35. The lowest BCUT2D eigenvalue weighted by Crippen LogP contribution is -1.98. The number of H-pyrrole nitrogens is 1. The van der Waals surface area contributed by atoms with E-state index in [2.05, 4.69) is 20.2 Å². The number of rotatable bonds is 3. The van der Waals surface area contributed by atoms with Gasteiger partial charge < -0.3 is 5.11 Å². The fourth-order valence-electron chi connectivity index (χ4n) is 1.08. The second-order valence-corrected chi connectivity index (χ2v) is 2.96. The Kier molecular flexibility index (Phi) is 2.73. The van der Waals surface area contributed by atoms with Crippen LogP contribution in [0.1, 0.15) is 16.2 Å². The first kappa shape index (κ1) is 10.0. The van der Waals surface area contributed by atoms with Crippen LogP contribution in [0, 0.1) is 0 Å². The van der Waals surface area contributed by atoms with Gasteiger partial charge >= 0.3 is 5.97 Å². The van der Waals surface area contributed by atoms with E-state index in [0.717, 1.165) is 5.56 Å². The largest absolute Gasteiger partial charge is 0.475 e. The van der Waals surface area contributed by atoms with E-state index in [0.29, 0.717) is 0 Å². The molecule has 0 radical (unpaired) electrons. The van der Waals surface area contributed by atoms with Crippen molar-refractivity contribution in [1.82, 2.24) is 15.2 Å². The fourth-order valence-corrected chi connectivity index (χ4v) is 1.08. The minimum Gasteiger partial charge on any atom is -0.475 e. The summed E-state index contributed by atoms with van der Waals surface area (Å²) >= 11 is 0. The number of benzene rings is 1. The number of carboxylic acids is 1. The molecule has 0 bridgehead atoms. The molecule has 0 unspecified atom stereocenters. The Hall–Kier alpha value is -2.50. The first-order valence-electron chi connectivity index (χ1n) is 4.50. The van der Waals surface area contributed by atoms with E-state index in [1.165, 1.54) is 0 Å². The summed E-state index contributed by atoms with van der Waals surface area (Å²) in [5, 5.41) is 14.5. The molecule has 16 heavy (non-hydrogen) atoms. The highest BCUT2D eigenvalue weighted by molar-refractivity contribution is 5.84. The van der Waals surface area contributed by atoms with Crippen LogP contribution in [-0.4, -0.2) is 32.5 Å². The molecule has 0 spiro atoms. The van der Waals surface area contributed by atoms with Gasteiger partial charge in [0.2, 0.25) is 5.82 Å². The third kappa shape index (κ3) is 2.30. The molecular weight excluding hydrogens is 208 g/mol. The predicted octanol–water partition coefficient (Wildman–Crippen LogP) is 1.25. The molecule has 1 aromatic heterocycles. The van der Waals surface area contributed by atoms with Crippen molar-refractivity contribution >= 4 is 18.1 Å². The van der Waals surface area contributed by atoms with E-state index in [1.807, 2.05) is 30.3 Å². The van der Waals surface area contributed by atoms with Gasteiger partial charge in [-0.15, -0.1) is 5.10 Å². The molecule has 6 heteroatoms. The van der Waals surface area contributed by atoms with Crippen molar-refractivity contribution in [2.24, 2.45) is 4.99 Å². The molecule has 0 aliphatic heterocycles. The number of hydrogen-bond donors (Lipinski definition) is 2. The van der Waals surface area contributed by atoms with Crippen LogP contribution in [0.25, 0.3) is 0 Å². The number of nitrogens with zero attached hydrogens (tertiary/aromatic N) is 3. The van der Waals surface area contributed by atoms with Gasteiger partial charge in [-0.1, -0.05) is 30.3 Å². The van der Waals surface area contributed by atoms with Crippen molar-refractivity contribution in [1.29, 1.82) is 0 Å². The van der Waals surface area contributed by atoms with Gasteiger partial charge in [0.15, 0.2) is 0 Å². The fraction of sp³-hybridized carbons (Fsp3) is 0. The van der Waals surface area contributed by atoms with Crippen LogP contribution in [0.15, 0.2) is 35.3 Å². The lowest BCUT2D eigenvalue weighted by Gasteiger charge is -1.88. The maximum atomic E-state index is 10.5. The highest BCUT2D eigenvalue weighted by atomic mass is 16.4. The zero-order valence-corrected chi connectivity index (χ0v) is 8.16. The van der Waals surface area contributed by atoms with Crippen molar-refractivity contribution in [3.63, 3.8) is 0 Å². The molecule has 2 aromatic rings. The van der Waals surface area contributed by atoms with Crippen LogP contribution in [0.2, 0.25) is 0 Å². The van der Waals surface area contributed by atoms with Crippen molar-refractivity contribution in [2.75, 3.05) is 0 Å². The molecular formula is C10H8N4O2. The van der Waals surface area contributed by atoms with E-state index < -0.39 is 5.97 Å². The molecule has 0 atom stereocenters. The van der Waals surface area contributed by atoms with Gasteiger partial charge in [-0.25, -0.2) is 9.79 Å². The molecule has 0 aliphatic carbocycles. The zero-order chi connectivity index (χ0) is 11.4. The Labute approximate surface area is 90.7 Å². The minimum absolute atomic E-state index is 0.0984. The van der Waals surface area contributed by atoms with Gasteiger partial charge in [-0.3, -0.25) is 5.10 Å². The van der Waals surface area contributed by atoms with Crippen LogP contribution >= 0.6 is 0 Å². The Bertz CT molecular complexity index is 519. The van der Waals surface area contributed by atoms with Crippen LogP contribution in [0.3, 0.4) is 0 Å². The van der Waals surface area contributed by atoms with Crippen LogP contribution in [0.5, 0.6) is 0 Å². The summed E-state index contributed by atoms with van der Waals surface area (Å²) in [6.07, 6.45) is 1.56. The molecule has 0 aliphatic rings. The Morgan fingerprint density at radius 1 is 1.38 bits per heavy atom. The molecule has 0 saturated heterocycles. The average Bonchev–Trinajstić information content (AvgIpc) is 2.76. The van der Waals surface area contributed by atoms with Crippen LogP contribution in [0.4, 0.5) is 5.95 Å². The van der Waals surface area contributed by atoms with Gasteiger partial charge in [0.1, 0.15) is 0 Å². The van der Waals surface area contributed by atoms with Gasteiger partial charge in [0.05, 0.1) is 0 Å². The average molecular weight is 216 g/mol. The molecule has 0 amide bonds. The van der Waals surface area contributed by atoms with Gasteiger partial charge in [-0.05, 0) is 5.56 Å². The highest BCUT2D eigenvalue weighted by Crippen LogP contribution is 2.03. The third-order valence-electron chi connectivity index (χ3n) is 1.80. The summed E-state index contributed by atoms with van der Waals surface area (Å²) in [7, 11) is 0. The molecule has 2 N–H and O–H groups in total. The van der Waals surface area contributed by atoms with E-state index in [4.69, 9.17) is 5.11 Å². The monoisotopic (exact) mass is 216 g/mol. The van der Waals surface area contributed by atoms with Crippen LogP contribution < -0.4 is 0 Å². The van der Waals surface area contributed by atoms with Crippen molar-refractivity contribution in [3.8, 4) is 0 Å². The maximum absolute atomic E-state index is 10.5. The Balaban J connectivity index is 2.15. The Morgan fingerprint density at radius 2 is 2.12 bits per heavy atom. The topological polar surface area (TPSA) is 91.2 Å². The summed E-state index contributed by atoms with van der Waals surface area (Å²) in [5.74, 6) is -1.28. The molecule has 2 rings (SSSR count). The van der Waals surface area contributed by atoms with Gasteiger partial charge in [0, 0.05) is 6.21 Å². The number of aliphatic imine (C=N–C) groups is 1. The molecule has 80 valence electrons. The van der Waals surface area contributed by atoms with E-state index in [-0.39, 0.29) is 11.8 Å². The second-order valence-electron chi connectivity index (χ2n) is 2.96. The smallest absolute Gasteiger partial charge is 0.373 e. The summed E-state index contributed by atoms with van der Waals surface area (Å²) in [4.78, 5) is 18.1. The SMILES string of the molecule is O=C(O)c1nc(/N=C/c2ccccc2)n[nH]1. The minimum atomic E-state index is -1.16. The first-order valence-corrected chi connectivity index (χ1v) is 4.50. The van der Waals surface area contributed by atoms with Crippen molar-refractivity contribution in [3.05, 3.63) is 41.7 Å². The third-order valence-corrected chi connectivity index (χ3v) is 1.80. The number of aromatic carboxylic acids is 1. The lowest BCUT2D eigenvalue weighted by molar-refractivity contribution is 0.0684. The quantitative estimate of drug-likeness (QED) is 0.755. The first-order chi connectivity index (χ1) is 7.75. The van der Waals surface area contributed by atoms with E-state index >= 15 is 0 Å². The van der Waals surface area contributed by atoms with Gasteiger partial charge in [-0.2, -0.15) is 4.98 Å². The Morgan fingerprint density at radius 3 is 2.75 bits per heavy atom.